The van der Waals surface area contributed by atoms with Crippen molar-refractivity contribution in [1.29, 1.82) is 0 Å². The summed E-state index contributed by atoms with van der Waals surface area (Å²) in [6, 6.07) is 15.1. The van der Waals surface area contributed by atoms with Crippen molar-refractivity contribution in [3.05, 3.63) is 87.7 Å². The van der Waals surface area contributed by atoms with Crippen molar-refractivity contribution in [2.45, 2.75) is 258 Å². The maximum absolute atomic E-state index is 13.6. The van der Waals surface area contributed by atoms with E-state index in [1.807, 2.05) is 18.2 Å². The third kappa shape index (κ3) is 33.2. The predicted octanol–water partition coefficient (Wildman–Crippen LogP) is 14.2. The van der Waals surface area contributed by atoms with Gasteiger partial charge in [0.25, 0.3) is 13.5 Å². The van der Waals surface area contributed by atoms with Gasteiger partial charge in [-0.25, -0.2) is 4.79 Å². The number of amidine groups is 2. The molecule has 4 rings (SSSR count). The molecule has 486 valence electrons. The van der Waals surface area contributed by atoms with E-state index < -0.39 is 49.6 Å². The van der Waals surface area contributed by atoms with E-state index in [2.05, 4.69) is 45.1 Å². The van der Waals surface area contributed by atoms with Gasteiger partial charge < -0.3 is 33.5 Å². The number of phosphoric acid groups is 1. The number of benzene rings is 2. The molecule has 2 unspecified atom stereocenters. The predicted molar refractivity (Wildman–Crippen MR) is 334 cm³/mol. The molecule has 3 atom stereocenters. The molecule has 0 saturated carbocycles. The maximum Gasteiger partial charge on any atom is 0.435 e. The lowest BCUT2D eigenvalue weighted by Gasteiger charge is -2.28. The Hall–Kier alpha value is -6.09. The van der Waals surface area contributed by atoms with Gasteiger partial charge >= 0.3 is 18.0 Å². The molecule has 3 aromatic rings. The van der Waals surface area contributed by atoms with Crippen LogP contribution in [-0.4, -0.2) is 93.0 Å². The van der Waals surface area contributed by atoms with Crippen LogP contribution in [0.25, 0.3) is 0 Å². The summed E-state index contributed by atoms with van der Waals surface area (Å²) < 4.78 is 41.3. The van der Waals surface area contributed by atoms with Gasteiger partial charge in [-0.05, 0) is 38.7 Å². The maximum atomic E-state index is 13.6. The molecule has 2 heterocycles. The molecule has 0 aliphatic carbocycles. The molecular weight excluding hydrogens is 1130 g/mol. The number of aryl methyl sites for hydroxylation is 2. The van der Waals surface area contributed by atoms with Crippen LogP contribution < -0.4 is 15.6 Å². The number of carbonyl (C=O) groups excluding carboxylic acids is 4. The van der Waals surface area contributed by atoms with E-state index in [0.29, 0.717) is 62.2 Å². The smallest absolute Gasteiger partial charge is 0.435 e. The number of amides is 2. The summed E-state index contributed by atoms with van der Waals surface area (Å²) in [5.74, 6) is -0.725. The second kappa shape index (κ2) is 45.2. The van der Waals surface area contributed by atoms with Crippen molar-refractivity contribution in [2.24, 2.45) is 10.2 Å². The number of para-hydroxylation sites is 1. The zero-order valence-electron chi connectivity index (χ0n) is 52.4. The second-order valence-corrected chi connectivity index (χ2v) is 24.0. The van der Waals surface area contributed by atoms with Gasteiger partial charge in [-0.2, -0.15) is 5.01 Å². The zero-order valence-corrected chi connectivity index (χ0v) is 53.3. The van der Waals surface area contributed by atoms with Crippen LogP contribution in [0.3, 0.4) is 0 Å². The first-order valence-electron chi connectivity index (χ1n) is 32.6. The van der Waals surface area contributed by atoms with E-state index in [-0.39, 0.29) is 68.4 Å². The Morgan fingerprint density at radius 1 is 0.644 bits per heavy atom. The minimum absolute atomic E-state index is 0.0932. The largest absolute Gasteiger partial charge is 0.756 e. The number of hydrogen-bond acceptors (Lipinski definition) is 18. The molecular formula is C64H101N9O13P-. The number of carbonyl (C=O) groups is 4. The normalized spacial score (nSPS) is 13.6. The number of nitrogens with one attached hydrogen (secondary N) is 2. The molecule has 87 heavy (non-hydrogen) atoms. The van der Waals surface area contributed by atoms with Crippen LogP contribution in [0.1, 0.15) is 256 Å². The van der Waals surface area contributed by atoms with Gasteiger partial charge in [-0.3, -0.25) is 39.2 Å². The van der Waals surface area contributed by atoms with Crippen LogP contribution in [0.5, 0.6) is 0 Å². The van der Waals surface area contributed by atoms with Crippen molar-refractivity contribution >= 4 is 49.1 Å². The Labute approximate surface area is 516 Å². The lowest BCUT2D eigenvalue weighted by molar-refractivity contribution is -0.386. The molecule has 2 aromatic carbocycles. The SMILES string of the molecule is CCCCCCCCCCCCCCCC(=O)OC[C@H](COP(=O)([O-])OCCNC(=O)CCCCCn1cc(CCC2=NN=C(c3ccccc3)NN2C(=O)OC(C)c2ccccc2[N+](=O)[O-])nn1)OC(=O)CCCCCCCCCCCCCCC. The Morgan fingerprint density at radius 2 is 1.18 bits per heavy atom. The molecule has 2 amide bonds. The molecule has 1 aliphatic rings. The number of ether oxygens (including phenoxy) is 3. The summed E-state index contributed by atoms with van der Waals surface area (Å²) in [7, 11) is -4.90. The van der Waals surface area contributed by atoms with Gasteiger partial charge in [-0.15, -0.1) is 15.3 Å². The Morgan fingerprint density at radius 3 is 1.78 bits per heavy atom. The lowest BCUT2D eigenvalue weighted by Crippen LogP contribution is -2.52. The van der Waals surface area contributed by atoms with E-state index in [9.17, 15) is 38.8 Å². The van der Waals surface area contributed by atoms with Crippen LogP contribution in [-0.2, 0) is 55.2 Å². The number of rotatable bonds is 51. The first kappa shape index (κ1) is 73.4. The number of nitro benzene ring substituents is 1. The van der Waals surface area contributed by atoms with Crippen LogP contribution in [0.15, 0.2) is 71.0 Å². The summed E-state index contributed by atoms with van der Waals surface area (Å²) in [5, 5.41) is 32.6. The molecule has 0 saturated heterocycles. The van der Waals surface area contributed by atoms with Gasteiger partial charge in [0.05, 0.1) is 29.4 Å². The van der Waals surface area contributed by atoms with Gasteiger partial charge in [0.1, 0.15) is 12.7 Å². The number of nitro groups is 1. The molecule has 0 radical (unpaired) electrons. The number of unbranched alkanes of at least 4 members (excludes halogenated alkanes) is 26. The number of phosphoric ester groups is 1. The van der Waals surface area contributed by atoms with E-state index in [0.717, 1.165) is 43.5 Å². The topological polar surface area (TPSA) is 280 Å². The third-order valence-electron chi connectivity index (χ3n) is 15.1. The molecule has 0 fully saturated rings. The van der Waals surface area contributed by atoms with Gasteiger partial charge in [0.15, 0.2) is 17.8 Å². The van der Waals surface area contributed by atoms with Gasteiger partial charge in [0, 0.05) is 63.0 Å². The first-order valence-corrected chi connectivity index (χ1v) is 34.1. The zero-order chi connectivity index (χ0) is 62.6. The van der Waals surface area contributed by atoms with Crippen molar-refractivity contribution in [3.8, 4) is 0 Å². The summed E-state index contributed by atoms with van der Waals surface area (Å²) in [6.45, 7) is 5.13. The summed E-state index contributed by atoms with van der Waals surface area (Å²) in [6.07, 6.45) is 32.4. The standard InChI is InChI=1S/C64H102N9O13P/c1-4-6-8-10-12-14-16-18-20-22-24-26-33-43-61(75)82-51-56(86-62(76)44-34-27-25-23-21-19-17-15-13-11-9-7-5-2)52-84-87(80,81)83-49-47-65-60(74)42-32-29-37-48-71-50-55(66-70-71)45-46-59-67-68-63(54-38-30-28-31-39-54)69-72(59)64(77)85-53(3)57-40-35-36-41-58(57)73(78)79/h28,30-31,35-36,38-41,50,53,56H,4-27,29,32-34,37,42-49,51-52H2,1-3H3,(H,65,74)(H,68,69)(H,80,81)/p-1/t53?,56-/m1/s1. The van der Waals surface area contributed by atoms with Crippen LogP contribution in [0, 0.1) is 10.1 Å². The van der Waals surface area contributed by atoms with Crippen molar-refractivity contribution < 1.29 is 56.8 Å². The van der Waals surface area contributed by atoms with Gasteiger partial charge in [-0.1, -0.05) is 222 Å². The van der Waals surface area contributed by atoms with Crippen molar-refractivity contribution in [1.82, 2.24) is 30.7 Å². The molecule has 0 spiro atoms. The quantitative estimate of drug-likeness (QED) is 0.0133. The lowest BCUT2D eigenvalue weighted by atomic mass is 10.0. The van der Waals surface area contributed by atoms with E-state index in [1.54, 1.807) is 36.0 Å². The Balaban J connectivity index is 1.13. The molecule has 1 aliphatic heterocycles. The van der Waals surface area contributed by atoms with Crippen LogP contribution in [0.2, 0.25) is 0 Å². The number of hydrazine groups is 1. The second-order valence-electron chi connectivity index (χ2n) is 22.6. The van der Waals surface area contributed by atoms with E-state index >= 15 is 0 Å². The number of aromatic nitrogens is 3. The number of nitrogens with zero attached hydrogens (tertiary/aromatic N) is 7. The summed E-state index contributed by atoms with van der Waals surface area (Å²) >= 11 is 0. The fourth-order valence-electron chi connectivity index (χ4n) is 10.0. The monoisotopic (exact) mass is 1230 g/mol. The molecule has 2 N–H and O–H groups in total. The molecule has 23 heteroatoms. The van der Waals surface area contributed by atoms with Gasteiger partial charge in [0.2, 0.25) is 5.91 Å². The summed E-state index contributed by atoms with van der Waals surface area (Å²) in [4.78, 5) is 75.8. The molecule has 1 aromatic heterocycles. The highest BCUT2D eigenvalue weighted by atomic mass is 31.2. The highest BCUT2D eigenvalue weighted by Gasteiger charge is 2.30. The van der Waals surface area contributed by atoms with Crippen molar-refractivity contribution in [3.63, 3.8) is 0 Å². The van der Waals surface area contributed by atoms with E-state index in [4.69, 9.17) is 23.3 Å². The van der Waals surface area contributed by atoms with Crippen molar-refractivity contribution in [2.75, 3.05) is 26.4 Å². The highest BCUT2D eigenvalue weighted by Crippen LogP contribution is 2.38. The number of esters is 2. The van der Waals surface area contributed by atoms with Crippen LogP contribution >= 0.6 is 7.82 Å². The molecule has 0 bridgehead atoms. The average Bonchev–Trinajstić information content (AvgIpc) is 4.16. The van der Waals surface area contributed by atoms with Crippen LogP contribution in [0.4, 0.5) is 10.5 Å². The average molecular weight is 1240 g/mol. The summed E-state index contributed by atoms with van der Waals surface area (Å²) in [5.41, 5.74) is 4.34. The molecule has 22 nitrogen and oxygen atoms in total. The Bertz CT molecular complexity index is 2530. The minimum Gasteiger partial charge on any atom is -0.756 e. The van der Waals surface area contributed by atoms with E-state index in [1.165, 1.54) is 134 Å². The highest BCUT2D eigenvalue weighted by molar-refractivity contribution is 7.45. The fraction of sp³-hybridized carbons (Fsp3) is 0.688. The number of hydrogen-bond donors (Lipinski definition) is 2. The minimum atomic E-state index is -4.90. The third-order valence-corrected chi connectivity index (χ3v) is 16.1. The Kier molecular flexibility index (Phi) is 38.1. The fourth-order valence-corrected chi connectivity index (χ4v) is 10.8. The first-order chi connectivity index (χ1) is 42.3.